The Kier molecular flexibility index (Phi) is 4.31. The molecule has 21 heavy (non-hydrogen) atoms. The largest absolute Gasteiger partial charge is 0.497 e. The van der Waals surface area contributed by atoms with Crippen LogP contribution in [0.3, 0.4) is 0 Å². The molecule has 4 nitrogen and oxygen atoms in total. The number of hydrogen-bond acceptors (Lipinski definition) is 4. The van der Waals surface area contributed by atoms with Crippen LogP contribution in [-0.4, -0.2) is 44.2 Å². The van der Waals surface area contributed by atoms with E-state index in [2.05, 4.69) is 15.9 Å². The number of rotatable bonds is 3. The maximum atomic E-state index is 9.31. The lowest BCUT2D eigenvalue weighted by atomic mass is 10.1. The summed E-state index contributed by atoms with van der Waals surface area (Å²) in [4.78, 5) is 4.96. The average molecular weight is 285 g/mol. The van der Waals surface area contributed by atoms with Gasteiger partial charge in [0.1, 0.15) is 11.8 Å². The smallest absolute Gasteiger partial charge is 0.121 e. The highest BCUT2D eigenvalue weighted by atomic mass is 16.5. The lowest BCUT2D eigenvalue weighted by Crippen LogP contribution is -2.49. The van der Waals surface area contributed by atoms with Crippen LogP contribution in [0.25, 0.3) is 0 Å². The maximum absolute atomic E-state index is 9.31. The van der Waals surface area contributed by atoms with Crippen LogP contribution < -0.4 is 9.64 Å². The minimum atomic E-state index is 0.741. The molecule has 4 heteroatoms. The zero-order chi connectivity index (χ0) is 14.7. The molecule has 112 valence electrons. The zero-order valence-electron chi connectivity index (χ0n) is 12.7. The van der Waals surface area contributed by atoms with Crippen LogP contribution in [0.15, 0.2) is 18.2 Å². The van der Waals surface area contributed by atoms with Crippen molar-refractivity contribution in [3.63, 3.8) is 0 Å². The van der Waals surface area contributed by atoms with Crippen LogP contribution in [0, 0.1) is 11.3 Å². The minimum Gasteiger partial charge on any atom is -0.497 e. The van der Waals surface area contributed by atoms with Crippen molar-refractivity contribution < 1.29 is 4.74 Å². The second-order valence-corrected chi connectivity index (χ2v) is 5.96. The molecule has 1 aliphatic heterocycles. The Hall–Kier alpha value is -1.73. The molecule has 0 bridgehead atoms. The van der Waals surface area contributed by atoms with Crippen LogP contribution in [0.4, 0.5) is 5.69 Å². The first-order valence-electron chi connectivity index (χ1n) is 7.89. The molecule has 1 saturated heterocycles. The zero-order valence-corrected chi connectivity index (χ0v) is 12.7. The number of anilines is 1. The predicted molar refractivity (Wildman–Crippen MR) is 83.8 cm³/mol. The third-order valence-corrected chi connectivity index (χ3v) is 4.82. The van der Waals surface area contributed by atoms with Crippen molar-refractivity contribution in [1.82, 2.24) is 4.90 Å². The quantitative estimate of drug-likeness (QED) is 0.856. The van der Waals surface area contributed by atoms with Crippen LogP contribution >= 0.6 is 0 Å². The van der Waals surface area contributed by atoms with Crippen LogP contribution in [-0.2, 0) is 0 Å². The Morgan fingerprint density at radius 2 is 1.86 bits per heavy atom. The van der Waals surface area contributed by atoms with Gasteiger partial charge in [-0.15, -0.1) is 0 Å². The number of piperazine rings is 1. The predicted octanol–water partition coefficient (Wildman–Crippen LogP) is 2.63. The summed E-state index contributed by atoms with van der Waals surface area (Å²) >= 11 is 0. The molecule has 0 spiro atoms. The summed E-state index contributed by atoms with van der Waals surface area (Å²) in [5.74, 6) is 0.822. The molecule has 0 atom stereocenters. The van der Waals surface area contributed by atoms with E-state index in [-0.39, 0.29) is 0 Å². The Morgan fingerprint density at radius 3 is 2.48 bits per heavy atom. The molecular formula is C17H23N3O. The number of ether oxygens (including phenoxy) is 1. The number of hydrogen-bond donors (Lipinski definition) is 0. The van der Waals surface area contributed by atoms with Crippen LogP contribution in [0.2, 0.25) is 0 Å². The summed E-state index contributed by atoms with van der Waals surface area (Å²) in [7, 11) is 1.67. The van der Waals surface area contributed by atoms with Crippen molar-refractivity contribution >= 4 is 5.69 Å². The molecule has 1 aromatic rings. The third-order valence-electron chi connectivity index (χ3n) is 4.82. The number of methoxy groups -OCH3 is 1. The van der Waals surface area contributed by atoms with E-state index in [1.165, 1.54) is 25.7 Å². The summed E-state index contributed by atoms with van der Waals surface area (Å²) in [5.41, 5.74) is 1.76. The standard InChI is InChI=1S/C17H23N3O/c1-21-16-7-6-14(13-18)17(12-16)20-10-8-19(9-11-20)15-4-2-3-5-15/h6-7,12,15H,2-5,8-11H2,1H3. The SMILES string of the molecule is COc1ccc(C#N)c(N2CCN(C3CCCC3)CC2)c1. The number of benzene rings is 1. The Morgan fingerprint density at radius 1 is 1.14 bits per heavy atom. The van der Waals surface area contributed by atoms with Gasteiger partial charge in [-0.05, 0) is 25.0 Å². The first-order chi connectivity index (χ1) is 10.3. The normalized spacial score (nSPS) is 20.5. The van der Waals surface area contributed by atoms with Gasteiger partial charge in [0, 0.05) is 38.3 Å². The van der Waals surface area contributed by atoms with E-state index in [0.717, 1.165) is 49.2 Å². The Labute approximate surface area is 126 Å². The highest BCUT2D eigenvalue weighted by molar-refractivity contribution is 5.62. The lowest BCUT2D eigenvalue weighted by Gasteiger charge is -2.39. The average Bonchev–Trinajstić information content (AvgIpc) is 3.09. The fourth-order valence-corrected chi connectivity index (χ4v) is 3.59. The first-order valence-corrected chi connectivity index (χ1v) is 7.89. The van der Waals surface area contributed by atoms with Gasteiger partial charge < -0.3 is 9.64 Å². The number of nitriles is 1. The van der Waals surface area contributed by atoms with Crippen molar-refractivity contribution in [3.05, 3.63) is 23.8 Å². The van der Waals surface area contributed by atoms with Gasteiger partial charge >= 0.3 is 0 Å². The molecular weight excluding hydrogens is 262 g/mol. The van der Waals surface area contributed by atoms with Crippen molar-refractivity contribution in [2.75, 3.05) is 38.2 Å². The molecule has 1 aromatic carbocycles. The van der Waals surface area contributed by atoms with Gasteiger partial charge in [0.2, 0.25) is 0 Å². The highest BCUT2D eigenvalue weighted by Gasteiger charge is 2.26. The van der Waals surface area contributed by atoms with E-state index in [0.29, 0.717) is 0 Å². The van der Waals surface area contributed by atoms with Gasteiger partial charge in [-0.3, -0.25) is 4.90 Å². The molecule has 1 saturated carbocycles. The van der Waals surface area contributed by atoms with Gasteiger partial charge in [0.05, 0.1) is 18.4 Å². The molecule has 1 heterocycles. The second-order valence-electron chi connectivity index (χ2n) is 5.96. The maximum Gasteiger partial charge on any atom is 0.121 e. The Bertz CT molecular complexity index is 523. The molecule has 1 aliphatic carbocycles. The van der Waals surface area contributed by atoms with Gasteiger partial charge in [-0.25, -0.2) is 0 Å². The summed E-state index contributed by atoms with van der Waals surface area (Å²) in [6, 6.07) is 8.81. The fourth-order valence-electron chi connectivity index (χ4n) is 3.59. The summed E-state index contributed by atoms with van der Waals surface area (Å²) < 4.78 is 5.30. The second kappa shape index (κ2) is 6.36. The molecule has 0 N–H and O–H groups in total. The molecule has 3 rings (SSSR count). The van der Waals surface area contributed by atoms with Gasteiger partial charge in [-0.1, -0.05) is 12.8 Å². The molecule has 0 aromatic heterocycles. The van der Waals surface area contributed by atoms with Crippen LogP contribution in [0.1, 0.15) is 31.2 Å². The summed E-state index contributed by atoms with van der Waals surface area (Å²) in [6.45, 7) is 4.20. The molecule has 2 aliphatic rings. The van der Waals surface area contributed by atoms with Crippen molar-refractivity contribution in [2.45, 2.75) is 31.7 Å². The summed E-state index contributed by atoms with van der Waals surface area (Å²) in [5, 5.41) is 9.31. The molecule has 0 unspecified atom stereocenters. The molecule has 0 radical (unpaired) electrons. The highest BCUT2D eigenvalue weighted by Crippen LogP contribution is 2.29. The van der Waals surface area contributed by atoms with Gasteiger partial charge in [0.25, 0.3) is 0 Å². The monoisotopic (exact) mass is 285 g/mol. The fraction of sp³-hybridized carbons (Fsp3) is 0.588. The number of nitrogens with zero attached hydrogens (tertiary/aromatic N) is 3. The van der Waals surface area contributed by atoms with Gasteiger partial charge in [-0.2, -0.15) is 5.26 Å². The van der Waals surface area contributed by atoms with Gasteiger partial charge in [0.15, 0.2) is 0 Å². The van der Waals surface area contributed by atoms with Crippen LogP contribution in [0.5, 0.6) is 5.75 Å². The summed E-state index contributed by atoms with van der Waals surface area (Å²) in [6.07, 6.45) is 5.50. The Balaban J connectivity index is 1.70. The molecule has 0 amide bonds. The van der Waals surface area contributed by atoms with E-state index in [1.54, 1.807) is 7.11 Å². The van der Waals surface area contributed by atoms with E-state index in [9.17, 15) is 5.26 Å². The van der Waals surface area contributed by atoms with Crippen molar-refractivity contribution in [1.29, 1.82) is 5.26 Å². The van der Waals surface area contributed by atoms with E-state index in [4.69, 9.17) is 4.74 Å². The lowest BCUT2D eigenvalue weighted by molar-refractivity contribution is 0.187. The van der Waals surface area contributed by atoms with E-state index in [1.807, 2.05) is 18.2 Å². The minimum absolute atomic E-state index is 0.741. The van der Waals surface area contributed by atoms with Crippen molar-refractivity contribution in [2.24, 2.45) is 0 Å². The van der Waals surface area contributed by atoms with E-state index < -0.39 is 0 Å². The molecule has 2 fully saturated rings. The van der Waals surface area contributed by atoms with Crippen molar-refractivity contribution in [3.8, 4) is 11.8 Å². The van der Waals surface area contributed by atoms with E-state index >= 15 is 0 Å². The topological polar surface area (TPSA) is 39.5 Å². The third kappa shape index (κ3) is 2.98. The first kappa shape index (κ1) is 14.2.